The number of hydrogen-bond acceptors (Lipinski definition) is 6. The Morgan fingerprint density at radius 3 is 0.714 bits per heavy atom. The second-order valence-corrected chi connectivity index (χ2v) is 21.7. The maximum Gasteiger partial charge on any atom is 0.306 e. The molecule has 1 atom stereocenters. The molecule has 0 rings (SSSR count). The third-order valence-corrected chi connectivity index (χ3v) is 14.5. The van der Waals surface area contributed by atoms with Crippen molar-refractivity contribution in [2.75, 3.05) is 13.2 Å². The number of carbonyl (C=O) groups excluding carboxylic acids is 3. The normalized spacial score (nSPS) is 12.0. The van der Waals surface area contributed by atoms with Gasteiger partial charge < -0.3 is 14.2 Å². The molecule has 0 spiro atoms. The van der Waals surface area contributed by atoms with Gasteiger partial charge in [-0.25, -0.2) is 0 Å². The highest BCUT2D eigenvalue weighted by molar-refractivity contribution is 5.71. The first-order chi connectivity index (χ1) is 34.5. The van der Waals surface area contributed by atoms with Crippen LogP contribution < -0.4 is 0 Å². The van der Waals surface area contributed by atoms with E-state index >= 15 is 0 Å². The Balaban J connectivity index is 4.02. The van der Waals surface area contributed by atoms with E-state index in [-0.39, 0.29) is 31.1 Å². The lowest BCUT2D eigenvalue weighted by Crippen LogP contribution is -2.30. The van der Waals surface area contributed by atoms with Crippen molar-refractivity contribution in [1.29, 1.82) is 0 Å². The van der Waals surface area contributed by atoms with Crippen LogP contribution in [0.3, 0.4) is 0 Å². The third-order valence-electron chi connectivity index (χ3n) is 14.5. The van der Waals surface area contributed by atoms with E-state index in [1.807, 2.05) is 0 Å². The summed E-state index contributed by atoms with van der Waals surface area (Å²) in [7, 11) is 0. The van der Waals surface area contributed by atoms with Crippen LogP contribution in [0.4, 0.5) is 0 Å². The van der Waals surface area contributed by atoms with Crippen molar-refractivity contribution in [3.8, 4) is 0 Å². The van der Waals surface area contributed by atoms with E-state index < -0.39 is 6.10 Å². The maximum atomic E-state index is 12.8. The van der Waals surface area contributed by atoms with Crippen molar-refractivity contribution < 1.29 is 28.6 Å². The molecule has 0 radical (unpaired) electrons. The van der Waals surface area contributed by atoms with Gasteiger partial charge in [0.25, 0.3) is 0 Å². The summed E-state index contributed by atoms with van der Waals surface area (Å²) in [6.07, 6.45) is 69.7. The van der Waals surface area contributed by atoms with Gasteiger partial charge in [-0.2, -0.15) is 0 Å². The van der Waals surface area contributed by atoms with E-state index in [9.17, 15) is 14.4 Å². The molecule has 0 aliphatic rings. The van der Waals surface area contributed by atoms with Crippen LogP contribution in [-0.4, -0.2) is 37.2 Å². The summed E-state index contributed by atoms with van der Waals surface area (Å²) in [6.45, 7) is 6.66. The molecule has 0 aliphatic carbocycles. The lowest BCUT2D eigenvalue weighted by atomic mass is 10.0. The minimum Gasteiger partial charge on any atom is -0.462 e. The van der Waals surface area contributed by atoms with Crippen LogP contribution in [0.5, 0.6) is 0 Å². The molecule has 0 saturated heterocycles. The van der Waals surface area contributed by atoms with Gasteiger partial charge in [-0.05, 0) is 44.9 Å². The molecule has 0 saturated carbocycles. The fourth-order valence-corrected chi connectivity index (χ4v) is 9.74. The highest BCUT2D eigenvalue weighted by Crippen LogP contribution is 2.18. The molecule has 0 aromatic rings. The standard InChI is InChI=1S/C64H122O6/c1-4-7-10-13-16-19-21-23-25-26-27-28-29-30-31-32-33-34-35-36-37-38-40-41-43-45-48-51-54-57-63(66)69-60-61(59-68-62(65)56-53-50-47-18-15-12-9-6-3)70-64(67)58-55-52-49-46-44-42-39-24-22-20-17-14-11-8-5-2/h24,39,61H,4-23,25-38,40-60H2,1-3H3/b39-24-. The summed E-state index contributed by atoms with van der Waals surface area (Å²) in [5.74, 6) is -0.857. The van der Waals surface area contributed by atoms with Gasteiger partial charge in [-0.15, -0.1) is 0 Å². The lowest BCUT2D eigenvalue weighted by molar-refractivity contribution is -0.167. The van der Waals surface area contributed by atoms with Crippen LogP contribution in [0.1, 0.15) is 361 Å². The molecule has 0 aliphatic heterocycles. The molecule has 1 unspecified atom stereocenters. The molecule has 414 valence electrons. The Hall–Kier alpha value is -1.85. The number of rotatable bonds is 59. The average molecular weight is 988 g/mol. The van der Waals surface area contributed by atoms with Crippen molar-refractivity contribution in [3.05, 3.63) is 12.2 Å². The highest BCUT2D eigenvalue weighted by Gasteiger charge is 2.19. The number of esters is 3. The van der Waals surface area contributed by atoms with Crippen LogP contribution in [0.25, 0.3) is 0 Å². The Kier molecular flexibility index (Phi) is 58.1. The summed E-state index contributed by atoms with van der Waals surface area (Å²) >= 11 is 0. The molecule has 6 heteroatoms. The number of unbranched alkanes of at least 4 members (excludes halogenated alkanes) is 46. The molecule has 0 N–H and O–H groups in total. The molecule has 0 amide bonds. The SMILES string of the molecule is CCCCCCCC/C=C\CCCCCCCC(=O)OC(COC(=O)CCCCCCCCCC)COC(=O)CCCCCCCCCCCCCCCCCCCCCCCCCCCCCCC. The summed E-state index contributed by atoms with van der Waals surface area (Å²) in [5.41, 5.74) is 0. The van der Waals surface area contributed by atoms with Crippen LogP contribution in [-0.2, 0) is 28.6 Å². The molecule has 0 heterocycles. The Bertz CT molecular complexity index is 1090. The number of allylic oxidation sites excluding steroid dienone is 2. The van der Waals surface area contributed by atoms with Crippen LogP contribution >= 0.6 is 0 Å². The van der Waals surface area contributed by atoms with E-state index in [4.69, 9.17) is 14.2 Å². The number of ether oxygens (including phenoxy) is 3. The molecule has 0 aromatic heterocycles. The Morgan fingerprint density at radius 1 is 0.271 bits per heavy atom. The molecule has 0 aromatic carbocycles. The predicted molar refractivity (Wildman–Crippen MR) is 303 cm³/mol. The lowest BCUT2D eigenvalue weighted by Gasteiger charge is -2.18. The molecule has 70 heavy (non-hydrogen) atoms. The first kappa shape index (κ1) is 68.2. The second-order valence-electron chi connectivity index (χ2n) is 21.7. The van der Waals surface area contributed by atoms with E-state index in [1.165, 1.54) is 257 Å². The van der Waals surface area contributed by atoms with Crippen molar-refractivity contribution in [2.24, 2.45) is 0 Å². The first-order valence-electron chi connectivity index (χ1n) is 31.7. The Morgan fingerprint density at radius 2 is 0.471 bits per heavy atom. The fraction of sp³-hybridized carbons (Fsp3) is 0.922. The fourth-order valence-electron chi connectivity index (χ4n) is 9.74. The second kappa shape index (κ2) is 59.7. The zero-order valence-electron chi connectivity index (χ0n) is 47.6. The summed E-state index contributed by atoms with van der Waals surface area (Å²) < 4.78 is 16.8. The number of hydrogen-bond donors (Lipinski definition) is 0. The quantitative estimate of drug-likeness (QED) is 0.0261. The molecular formula is C64H122O6. The van der Waals surface area contributed by atoms with Gasteiger partial charge in [-0.1, -0.05) is 309 Å². The van der Waals surface area contributed by atoms with Gasteiger partial charge in [0.05, 0.1) is 0 Å². The largest absolute Gasteiger partial charge is 0.462 e. The van der Waals surface area contributed by atoms with Gasteiger partial charge in [0, 0.05) is 19.3 Å². The summed E-state index contributed by atoms with van der Waals surface area (Å²) in [6, 6.07) is 0. The van der Waals surface area contributed by atoms with Crippen molar-refractivity contribution in [3.63, 3.8) is 0 Å². The summed E-state index contributed by atoms with van der Waals surface area (Å²) in [4.78, 5) is 38.0. The van der Waals surface area contributed by atoms with Crippen LogP contribution in [0.15, 0.2) is 12.2 Å². The predicted octanol–water partition coefficient (Wildman–Crippen LogP) is 21.3. The monoisotopic (exact) mass is 987 g/mol. The van der Waals surface area contributed by atoms with Crippen LogP contribution in [0, 0.1) is 0 Å². The highest BCUT2D eigenvalue weighted by atomic mass is 16.6. The van der Waals surface area contributed by atoms with Crippen molar-refractivity contribution in [2.45, 2.75) is 367 Å². The van der Waals surface area contributed by atoms with E-state index in [0.29, 0.717) is 19.3 Å². The Labute approximate surface area is 437 Å². The van der Waals surface area contributed by atoms with Crippen LogP contribution in [0.2, 0.25) is 0 Å². The van der Waals surface area contributed by atoms with E-state index in [2.05, 4.69) is 32.9 Å². The minimum absolute atomic E-state index is 0.0679. The van der Waals surface area contributed by atoms with Crippen molar-refractivity contribution >= 4 is 17.9 Å². The van der Waals surface area contributed by atoms with E-state index in [0.717, 1.165) is 64.2 Å². The van der Waals surface area contributed by atoms with Gasteiger partial charge in [0.15, 0.2) is 6.10 Å². The average Bonchev–Trinajstić information content (AvgIpc) is 3.36. The molecule has 0 bridgehead atoms. The van der Waals surface area contributed by atoms with Gasteiger partial charge in [0.2, 0.25) is 0 Å². The van der Waals surface area contributed by atoms with E-state index in [1.54, 1.807) is 0 Å². The van der Waals surface area contributed by atoms with Gasteiger partial charge in [-0.3, -0.25) is 14.4 Å². The number of carbonyl (C=O) groups is 3. The van der Waals surface area contributed by atoms with Crippen molar-refractivity contribution in [1.82, 2.24) is 0 Å². The third kappa shape index (κ3) is 57.1. The minimum atomic E-state index is -0.768. The zero-order valence-corrected chi connectivity index (χ0v) is 47.6. The first-order valence-corrected chi connectivity index (χ1v) is 31.7. The molecule has 6 nitrogen and oxygen atoms in total. The molecule has 0 fully saturated rings. The smallest absolute Gasteiger partial charge is 0.306 e. The summed E-state index contributed by atoms with van der Waals surface area (Å²) in [5, 5.41) is 0. The topological polar surface area (TPSA) is 78.9 Å². The molecular weight excluding hydrogens is 865 g/mol. The van der Waals surface area contributed by atoms with Gasteiger partial charge in [0.1, 0.15) is 13.2 Å². The zero-order chi connectivity index (χ0) is 50.7. The maximum absolute atomic E-state index is 12.8. The van der Waals surface area contributed by atoms with Gasteiger partial charge >= 0.3 is 17.9 Å².